The van der Waals surface area contributed by atoms with Crippen molar-refractivity contribution in [1.82, 2.24) is 9.80 Å². The highest BCUT2D eigenvalue weighted by atomic mass is 15.1. The highest BCUT2D eigenvalue weighted by Gasteiger charge is 2.39. The second-order valence-electron chi connectivity index (χ2n) is 6.86. The Kier molecular flexibility index (Phi) is 6.09. The molecule has 0 aromatic carbocycles. The molecule has 1 rings (SSSR count). The van der Waals surface area contributed by atoms with E-state index in [2.05, 4.69) is 44.7 Å². The lowest BCUT2D eigenvalue weighted by molar-refractivity contribution is 0.204. The minimum atomic E-state index is 0.341. The van der Waals surface area contributed by atoms with Crippen molar-refractivity contribution in [1.29, 1.82) is 0 Å². The van der Waals surface area contributed by atoms with E-state index < -0.39 is 0 Å². The van der Waals surface area contributed by atoms with E-state index in [0.717, 1.165) is 6.54 Å². The van der Waals surface area contributed by atoms with Crippen LogP contribution in [0.25, 0.3) is 0 Å². The SMILES string of the molecule is CCN(CCCN(C)C)CC1CCC(C)(C)C1N. The van der Waals surface area contributed by atoms with Crippen LogP contribution in [0.15, 0.2) is 0 Å². The van der Waals surface area contributed by atoms with Crippen molar-refractivity contribution in [2.75, 3.05) is 40.3 Å². The number of nitrogens with two attached hydrogens (primary N) is 1. The Hall–Kier alpha value is -0.120. The average Bonchev–Trinajstić information content (AvgIpc) is 2.54. The van der Waals surface area contributed by atoms with Gasteiger partial charge in [-0.2, -0.15) is 0 Å². The van der Waals surface area contributed by atoms with Gasteiger partial charge in [0.25, 0.3) is 0 Å². The van der Waals surface area contributed by atoms with Crippen LogP contribution in [0, 0.1) is 11.3 Å². The molecule has 2 N–H and O–H groups in total. The van der Waals surface area contributed by atoms with Crippen molar-refractivity contribution >= 4 is 0 Å². The van der Waals surface area contributed by atoms with Gasteiger partial charge in [-0.05, 0) is 64.3 Å². The third kappa shape index (κ3) is 4.52. The molecule has 2 atom stereocenters. The van der Waals surface area contributed by atoms with Crippen molar-refractivity contribution in [2.24, 2.45) is 17.1 Å². The maximum Gasteiger partial charge on any atom is 0.0131 e. The first-order valence-electron chi connectivity index (χ1n) is 7.49. The first kappa shape index (κ1) is 15.9. The molecule has 0 aromatic rings. The predicted molar refractivity (Wildman–Crippen MR) is 79.8 cm³/mol. The van der Waals surface area contributed by atoms with Crippen LogP contribution in [-0.4, -0.2) is 56.1 Å². The molecule has 3 nitrogen and oxygen atoms in total. The largest absolute Gasteiger partial charge is 0.327 e. The molecule has 2 unspecified atom stereocenters. The number of hydrogen-bond acceptors (Lipinski definition) is 3. The average molecular weight is 255 g/mol. The molecule has 0 heterocycles. The fraction of sp³-hybridized carbons (Fsp3) is 1.00. The number of rotatable bonds is 7. The van der Waals surface area contributed by atoms with Crippen molar-refractivity contribution in [3.63, 3.8) is 0 Å². The monoisotopic (exact) mass is 255 g/mol. The molecule has 108 valence electrons. The van der Waals surface area contributed by atoms with E-state index in [0.29, 0.717) is 17.4 Å². The zero-order chi connectivity index (χ0) is 13.8. The summed E-state index contributed by atoms with van der Waals surface area (Å²) in [5.74, 6) is 0.694. The van der Waals surface area contributed by atoms with Crippen LogP contribution in [0.1, 0.15) is 40.0 Å². The lowest BCUT2D eigenvalue weighted by atomic mass is 9.85. The molecule has 0 bridgehead atoms. The Bertz CT molecular complexity index is 238. The third-order valence-electron chi connectivity index (χ3n) is 4.59. The van der Waals surface area contributed by atoms with Crippen molar-refractivity contribution in [3.05, 3.63) is 0 Å². The van der Waals surface area contributed by atoms with Gasteiger partial charge in [0.2, 0.25) is 0 Å². The fourth-order valence-corrected chi connectivity index (χ4v) is 3.07. The Morgan fingerprint density at radius 3 is 2.33 bits per heavy atom. The topological polar surface area (TPSA) is 32.5 Å². The van der Waals surface area contributed by atoms with Gasteiger partial charge in [0.1, 0.15) is 0 Å². The van der Waals surface area contributed by atoms with Crippen LogP contribution in [0.3, 0.4) is 0 Å². The summed E-state index contributed by atoms with van der Waals surface area (Å²) in [6, 6.07) is 0.375. The highest BCUT2D eigenvalue weighted by molar-refractivity contribution is 4.95. The molecule has 0 spiro atoms. The first-order valence-corrected chi connectivity index (χ1v) is 7.49. The normalized spacial score (nSPS) is 27.3. The van der Waals surface area contributed by atoms with Crippen LogP contribution in [0.5, 0.6) is 0 Å². The summed E-state index contributed by atoms with van der Waals surface area (Å²) < 4.78 is 0. The highest BCUT2D eigenvalue weighted by Crippen LogP contribution is 2.40. The molecule has 1 fully saturated rings. The zero-order valence-electron chi connectivity index (χ0n) is 13.1. The van der Waals surface area contributed by atoms with Gasteiger partial charge in [0.15, 0.2) is 0 Å². The van der Waals surface area contributed by atoms with Gasteiger partial charge >= 0.3 is 0 Å². The molecule has 0 saturated heterocycles. The van der Waals surface area contributed by atoms with Gasteiger partial charge < -0.3 is 15.5 Å². The summed E-state index contributed by atoms with van der Waals surface area (Å²) in [5, 5.41) is 0. The van der Waals surface area contributed by atoms with Gasteiger partial charge in [-0.3, -0.25) is 0 Å². The maximum atomic E-state index is 6.40. The molecule has 3 heteroatoms. The van der Waals surface area contributed by atoms with Crippen LogP contribution in [-0.2, 0) is 0 Å². The van der Waals surface area contributed by atoms with E-state index in [9.17, 15) is 0 Å². The van der Waals surface area contributed by atoms with E-state index in [4.69, 9.17) is 5.73 Å². The number of hydrogen-bond donors (Lipinski definition) is 1. The Morgan fingerprint density at radius 2 is 1.89 bits per heavy atom. The molecule has 0 aromatic heterocycles. The quantitative estimate of drug-likeness (QED) is 0.755. The van der Waals surface area contributed by atoms with Gasteiger partial charge in [-0.25, -0.2) is 0 Å². The molecule has 0 amide bonds. The summed E-state index contributed by atoms with van der Waals surface area (Å²) >= 11 is 0. The van der Waals surface area contributed by atoms with E-state index in [-0.39, 0.29) is 0 Å². The lowest BCUT2D eigenvalue weighted by Crippen LogP contribution is -2.42. The van der Waals surface area contributed by atoms with Crippen LogP contribution in [0.2, 0.25) is 0 Å². The summed E-state index contributed by atoms with van der Waals surface area (Å²) in [6.07, 6.45) is 3.85. The fourth-order valence-electron chi connectivity index (χ4n) is 3.07. The smallest absolute Gasteiger partial charge is 0.0131 e. The maximum absolute atomic E-state index is 6.40. The second-order valence-corrected chi connectivity index (χ2v) is 6.86. The molecular weight excluding hydrogens is 222 g/mol. The van der Waals surface area contributed by atoms with E-state index in [1.54, 1.807) is 0 Å². The Morgan fingerprint density at radius 1 is 1.22 bits per heavy atom. The van der Waals surface area contributed by atoms with E-state index >= 15 is 0 Å². The molecule has 1 aliphatic carbocycles. The summed E-state index contributed by atoms with van der Waals surface area (Å²) in [4.78, 5) is 4.84. The van der Waals surface area contributed by atoms with Gasteiger partial charge in [0, 0.05) is 12.6 Å². The minimum Gasteiger partial charge on any atom is -0.327 e. The van der Waals surface area contributed by atoms with Crippen molar-refractivity contribution in [2.45, 2.75) is 46.1 Å². The van der Waals surface area contributed by atoms with Crippen molar-refractivity contribution in [3.8, 4) is 0 Å². The van der Waals surface area contributed by atoms with Crippen molar-refractivity contribution < 1.29 is 0 Å². The number of nitrogens with zero attached hydrogens (tertiary/aromatic N) is 2. The minimum absolute atomic E-state index is 0.341. The molecule has 1 saturated carbocycles. The Balaban J connectivity index is 2.35. The van der Waals surface area contributed by atoms with Crippen LogP contribution < -0.4 is 5.73 Å². The summed E-state index contributed by atoms with van der Waals surface area (Å²) in [5.41, 5.74) is 6.74. The van der Waals surface area contributed by atoms with Crippen LogP contribution in [0.4, 0.5) is 0 Å². The first-order chi connectivity index (χ1) is 8.36. The molecular formula is C15H33N3. The summed E-state index contributed by atoms with van der Waals surface area (Å²) in [7, 11) is 4.29. The summed E-state index contributed by atoms with van der Waals surface area (Å²) in [6.45, 7) is 11.6. The third-order valence-corrected chi connectivity index (χ3v) is 4.59. The van der Waals surface area contributed by atoms with Gasteiger partial charge in [-0.15, -0.1) is 0 Å². The lowest BCUT2D eigenvalue weighted by Gasteiger charge is -2.30. The van der Waals surface area contributed by atoms with E-state index in [1.165, 1.54) is 38.9 Å². The van der Waals surface area contributed by atoms with Gasteiger partial charge in [-0.1, -0.05) is 20.8 Å². The van der Waals surface area contributed by atoms with E-state index in [1.807, 2.05) is 0 Å². The standard InChI is InChI=1S/C15H33N3/c1-6-18(11-7-10-17(4)5)12-13-8-9-15(2,3)14(13)16/h13-14H,6-12,16H2,1-5H3. The molecule has 18 heavy (non-hydrogen) atoms. The molecule has 0 aliphatic heterocycles. The second kappa shape index (κ2) is 6.88. The van der Waals surface area contributed by atoms with Crippen LogP contribution >= 0.6 is 0 Å². The molecule has 1 aliphatic rings. The zero-order valence-corrected chi connectivity index (χ0v) is 13.1. The Labute approximate surface area is 114 Å². The predicted octanol–water partition coefficient (Wildman–Crippen LogP) is 2.02. The molecule has 0 radical (unpaired) electrons. The van der Waals surface area contributed by atoms with Gasteiger partial charge in [0.05, 0.1) is 0 Å².